The minimum Gasteiger partial charge on any atom is -0.390 e. The lowest BCUT2D eigenvalue weighted by Gasteiger charge is -2.22. The molecular formula is C21H27N3O3. The van der Waals surface area contributed by atoms with Gasteiger partial charge in [-0.2, -0.15) is 4.98 Å². The van der Waals surface area contributed by atoms with Crippen molar-refractivity contribution in [2.45, 2.75) is 69.9 Å². The van der Waals surface area contributed by atoms with Crippen LogP contribution in [0.3, 0.4) is 0 Å². The van der Waals surface area contributed by atoms with Crippen molar-refractivity contribution in [1.29, 1.82) is 0 Å². The van der Waals surface area contributed by atoms with Gasteiger partial charge in [0.25, 0.3) is 5.91 Å². The number of rotatable bonds is 6. The fourth-order valence-electron chi connectivity index (χ4n) is 3.63. The zero-order chi connectivity index (χ0) is 19.0. The zero-order valence-electron chi connectivity index (χ0n) is 16.0. The fraction of sp³-hybridized carbons (Fsp3) is 0.571. The Bertz CT molecular complexity index is 820. The number of amides is 1. The highest BCUT2D eigenvalue weighted by Crippen LogP contribution is 2.40. The van der Waals surface area contributed by atoms with E-state index < -0.39 is 5.60 Å². The second-order valence-corrected chi connectivity index (χ2v) is 8.43. The highest BCUT2D eigenvalue weighted by Gasteiger charge is 2.36. The van der Waals surface area contributed by atoms with Gasteiger partial charge < -0.3 is 14.5 Å². The molecule has 4 rings (SSSR count). The van der Waals surface area contributed by atoms with Crippen molar-refractivity contribution >= 4 is 5.91 Å². The number of aryl methyl sites for hydroxylation is 1. The molecule has 0 bridgehead atoms. The summed E-state index contributed by atoms with van der Waals surface area (Å²) in [6.07, 6.45) is 5.45. The first-order chi connectivity index (χ1) is 12.9. The first-order valence-corrected chi connectivity index (χ1v) is 9.86. The molecule has 0 unspecified atom stereocenters. The highest BCUT2D eigenvalue weighted by atomic mass is 16.5. The van der Waals surface area contributed by atoms with Gasteiger partial charge in [-0.05, 0) is 70.1 Å². The molecule has 2 aliphatic rings. The summed E-state index contributed by atoms with van der Waals surface area (Å²) < 4.78 is 5.48. The van der Waals surface area contributed by atoms with Crippen LogP contribution >= 0.6 is 0 Å². The molecule has 1 saturated carbocycles. The van der Waals surface area contributed by atoms with E-state index in [4.69, 9.17) is 4.52 Å². The number of hydrogen-bond acceptors (Lipinski definition) is 5. The number of hydrogen-bond donors (Lipinski definition) is 1. The Balaban J connectivity index is 1.49. The van der Waals surface area contributed by atoms with Gasteiger partial charge in [0.2, 0.25) is 5.89 Å². The Morgan fingerprint density at radius 2 is 2.15 bits per heavy atom. The molecule has 1 aromatic carbocycles. The van der Waals surface area contributed by atoms with Crippen molar-refractivity contribution in [3.05, 3.63) is 47.1 Å². The van der Waals surface area contributed by atoms with Crippen LogP contribution in [0.2, 0.25) is 0 Å². The minimum absolute atomic E-state index is 0.00813. The molecule has 2 fully saturated rings. The van der Waals surface area contributed by atoms with Gasteiger partial charge in [0, 0.05) is 18.0 Å². The topological polar surface area (TPSA) is 79.5 Å². The third-order valence-corrected chi connectivity index (χ3v) is 5.40. The van der Waals surface area contributed by atoms with E-state index in [0.717, 1.165) is 43.5 Å². The molecular weight excluding hydrogens is 342 g/mol. The largest absolute Gasteiger partial charge is 0.390 e. The molecule has 27 heavy (non-hydrogen) atoms. The van der Waals surface area contributed by atoms with Crippen LogP contribution in [-0.2, 0) is 6.42 Å². The predicted molar refractivity (Wildman–Crippen MR) is 100 cm³/mol. The number of aliphatic hydroxyl groups is 1. The maximum atomic E-state index is 13.1. The van der Waals surface area contributed by atoms with Crippen LogP contribution in [0.15, 0.2) is 28.8 Å². The quantitative estimate of drug-likeness (QED) is 0.841. The molecule has 1 saturated heterocycles. The van der Waals surface area contributed by atoms with Crippen LogP contribution in [0.4, 0.5) is 0 Å². The van der Waals surface area contributed by atoms with Crippen LogP contribution in [0.1, 0.15) is 85.5 Å². The lowest BCUT2D eigenvalue weighted by Crippen LogP contribution is -2.30. The molecule has 1 aliphatic carbocycles. The van der Waals surface area contributed by atoms with Gasteiger partial charge in [-0.15, -0.1) is 0 Å². The molecule has 1 amide bonds. The van der Waals surface area contributed by atoms with E-state index in [9.17, 15) is 9.90 Å². The van der Waals surface area contributed by atoms with E-state index in [1.165, 1.54) is 0 Å². The smallest absolute Gasteiger partial charge is 0.254 e. The number of benzene rings is 1. The summed E-state index contributed by atoms with van der Waals surface area (Å²) in [5.74, 6) is 1.81. The number of likely N-dealkylation sites (tertiary alicyclic amines) is 1. The summed E-state index contributed by atoms with van der Waals surface area (Å²) in [6, 6.07) is 7.58. The lowest BCUT2D eigenvalue weighted by molar-refractivity contribution is 0.0710. The molecule has 144 valence electrons. The highest BCUT2D eigenvalue weighted by molar-refractivity contribution is 5.94. The summed E-state index contributed by atoms with van der Waals surface area (Å²) in [6.45, 7) is 4.31. The lowest BCUT2D eigenvalue weighted by atomic mass is 9.97. The Morgan fingerprint density at radius 3 is 2.89 bits per heavy atom. The van der Waals surface area contributed by atoms with E-state index in [1.54, 1.807) is 13.8 Å². The zero-order valence-corrected chi connectivity index (χ0v) is 16.0. The average molecular weight is 369 g/mol. The summed E-state index contributed by atoms with van der Waals surface area (Å²) in [7, 11) is 0. The molecule has 6 heteroatoms. The van der Waals surface area contributed by atoms with Crippen molar-refractivity contribution in [1.82, 2.24) is 15.0 Å². The second-order valence-electron chi connectivity index (χ2n) is 8.43. The predicted octanol–water partition coefficient (Wildman–Crippen LogP) is 3.63. The molecule has 2 heterocycles. The third-order valence-electron chi connectivity index (χ3n) is 5.40. The van der Waals surface area contributed by atoms with E-state index >= 15 is 0 Å². The van der Waals surface area contributed by atoms with E-state index in [1.807, 2.05) is 29.2 Å². The summed E-state index contributed by atoms with van der Waals surface area (Å²) >= 11 is 0. The summed E-state index contributed by atoms with van der Waals surface area (Å²) in [4.78, 5) is 19.5. The molecule has 1 aliphatic heterocycles. The monoisotopic (exact) mass is 369 g/mol. The normalized spacial score (nSPS) is 20.3. The van der Waals surface area contributed by atoms with Crippen molar-refractivity contribution in [2.75, 3.05) is 6.54 Å². The van der Waals surface area contributed by atoms with Crippen LogP contribution in [0, 0.1) is 0 Å². The average Bonchev–Trinajstić information content (AvgIpc) is 3.18. The van der Waals surface area contributed by atoms with Gasteiger partial charge in [0.15, 0.2) is 5.82 Å². The van der Waals surface area contributed by atoms with Crippen LogP contribution in [-0.4, -0.2) is 38.2 Å². The third kappa shape index (κ3) is 4.21. The standard InChI is InChI=1S/C21H27N3O3/c1-21(2,26)11-10-14-5-3-6-16(13-14)20(25)24-12-4-7-17(24)19-22-18(23-27-19)15-8-9-15/h3,5-6,13,15,17,26H,4,7-12H2,1-2H3/t17-/m0/s1. The Labute approximate surface area is 159 Å². The van der Waals surface area contributed by atoms with Crippen molar-refractivity contribution < 1.29 is 14.4 Å². The molecule has 1 aromatic heterocycles. The van der Waals surface area contributed by atoms with E-state index in [2.05, 4.69) is 10.1 Å². The van der Waals surface area contributed by atoms with Gasteiger partial charge in [-0.1, -0.05) is 17.3 Å². The Kier molecular flexibility index (Phi) is 4.76. The van der Waals surface area contributed by atoms with Crippen molar-refractivity contribution in [2.24, 2.45) is 0 Å². The molecule has 1 atom stereocenters. The molecule has 1 N–H and O–H groups in total. The molecule has 2 aromatic rings. The number of aromatic nitrogens is 2. The molecule has 0 radical (unpaired) electrons. The van der Waals surface area contributed by atoms with Crippen LogP contribution < -0.4 is 0 Å². The van der Waals surface area contributed by atoms with Gasteiger partial charge in [0.05, 0.1) is 5.60 Å². The maximum Gasteiger partial charge on any atom is 0.254 e. The summed E-state index contributed by atoms with van der Waals surface area (Å²) in [5.41, 5.74) is 1.03. The van der Waals surface area contributed by atoms with Gasteiger partial charge >= 0.3 is 0 Å². The molecule has 6 nitrogen and oxygen atoms in total. The molecule has 0 spiro atoms. The van der Waals surface area contributed by atoms with Crippen LogP contribution in [0.5, 0.6) is 0 Å². The maximum absolute atomic E-state index is 13.1. The first kappa shape index (κ1) is 18.2. The minimum atomic E-state index is -0.711. The Morgan fingerprint density at radius 1 is 1.33 bits per heavy atom. The second kappa shape index (κ2) is 7.08. The van der Waals surface area contributed by atoms with Crippen molar-refractivity contribution in [3.8, 4) is 0 Å². The summed E-state index contributed by atoms with van der Waals surface area (Å²) in [5, 5.41) is 14.0. The first-order valence-electron chi connectivity index (χ1n) is 9.86. The van der Waals surface area contributed by atoms with Crippen molar-refractivity contribution in [3.63, 3.8) is 0 Å². The SMILES string of the molecule is CC(C)(O)CCc1cccc(C(=O)N2CCC[C@H]2c2nc(C3CC3)no2)c1. The number of carbonyl (C=O) groups excluding carboxylic acids is 1. The van der Waals surface area contributed by atoms with Gasteiger partial charge in [0.1, 0.15) is 6.04 Å². The van der Waals surface area contributed by atoms with Crippen LogP contribution in [0.25, 0.3) is 0 Å². The number of nitrogens with zero attached hydrogens (tertiary/aromatic N) is 3. The van der Waals surface area contributed by atoms with Gasteiger partial charge in [-0.3, -0.25) is 4.79 Å². The fourth-order valence-corrected chi connectivity index (χ4v) is 3.63. The van der Waals surface area contributed by atoms with E-state index in [0.29, 0.717) is 30.3 Å². The Hall–Kier alpha value is -2.21. The number of carbonyl (C=O) groups is 1. The van der Waals surface area contributed by atoms with Gasteiger partial charge in [-0.25, -0.2) is 0 Å². The van der Waals surface area contributed by atoms with E-state index in [-0.39, 0.29) is 11.9 Å².